The molecule has 0 bridgehead atoms. The first-order chi connectivity index (χ1) is 6.67. The van der Waals surface area contributed by atoms with Crippen LogP contribution in [0.4, 0.5) is 0 Å². The molecule has 1 atom stereocenters. The minimum atomic E-state index is -0.253. The normalized spacial score (nSPS) is 12.1. The fourth-order valence-corrected chi connectivity index (χ4v) is 0.946. The quantitative estimate of drug-likeness (QED) is 0.704. The van der Waals surface area contributed by atoms with E-state index in [0.717, 1.165) is 0 Å². The summed E-state index contributed by atoms with van der Waals surface area (Å²) < 4.78 is 5.17. The van der Waals surface area contributed by atoms with Crippen LogP contribution in [0.2, 0.25) is 0 Å². The monoisotopic (exact) mass is 194 g/mol. The van der Waals surface area contributed by atoms with Crippen LogP contribution >= 0.6 is 0 Å². The van der Waals surface area contributed by atoms with E-state index in [4.69, 9.17) is 10.2 Å². The molecule has 4 heteroatoms. The van der Waals surface area contributed by atoms with Crippen LogP contribution in [-0.4, -0.2) is 11.9 Å². The summed E-state index contributed by atoms with van der Waals surface area (Å²) in [4.78, 5) is 11.4. The van der Waals surface area contributed by atoms with E-state index in [-0.39, 0.29) is 17.7 Å². The van der Waals surface area contributed by atoms with Crippen molar-refractivity contribution in [1.29, 1.82) is 0 Å². The average molecular weight is 194 g/mol. The minimum Gasteiger partial charge on any atom is -0.455 e. The summed E-state index contributed by atoms with van der Waals surface area (Å²) >= 11 is 0. The third-order valence-corrected chi connectivity index (χ3v) is 1.80. The van der Waals surface area contributed by atoms with Gasteiger partial charge in [-0.3, -0.25) is 4.79 Å². The molecule has 1 amide bonds. The van der Waals surface area contributed by atoms with Crippen molar-refractivity contribution in [2.45, 2.75) is 19.5 Å². The molecule has 0 saturated carbocycles. The molecule has 1 unspecified atom stereocenters. The molecule has 76 valence electrons. The number of nitrogens with two attached hydrogens (primary N) is 1. The van der Waals surface area contributed by atoms with E-state index in [1.165, 1.54) is 0 Å². The predicted molar refractivity (Wildman–Crippen MR) is 53.7 cm³/mol. The average Bonchev–Trinajstić information content (AvgIpc) is 2.65. The molecule has 0 aliphatic rings. The van der Waals surface area contributed by atoms with E-state index in [1.54, 1.807) is 18.2 Å². The van der Waals surface area contributed by atoms with Gasteiger partial charge in [0.25, 0.3) is 5.91 Å². The maximum Gasteiger partial charge on any atom is 0.287 e. The molecule has 0 aliphatic heterocycles. The molecule has 14 heavy (non-hydrogen) atoms. The van der Waals surface area contributed by atoms with Gasteiger partial charge in [-0.15, -0.1) is 6.58 Å². The number of amides is 1. The van der Waals surface area contributed by atoms with Gasteiger partial charge in [0.15, 0.2) is 5.76 Å². The highest BCUT2D eigenvalue weighted by Crippen LogP contribution is 2.06. The lowest BCUT2D eigenvalue weighted by Crippen LogP contribution is -2.30. The molecule has 1 aromatic rings. The van der Waals surface area contributed by atoms with Gasteiger partial charge in [0.2, 0.25) is 0 Å². The van der Waals surface area contributed by atoms with Crippen molar-refractivity contribution < 1.29 is 9.21 Å². The third-order valence-electron chi connectivity index (χ3n) is 1.80. The minimum absolute atomic E-state index is 0.0751. The molecule has 0 aromatic carbocycles. The first-order valence-electron chi connectivity index (χ1n) is 4.39. The Balaban J connectivity index is 2.64. The van der Waals surface area contributed by atoms with Gasteiger partial charge in [0.05, 0.1) is 6.54 Å². The molecule has 3 N–H and O–H groups in total. The van der Waals surface area contributed by atoms with Gasteiger partial charge in [-0.25, -0.2) is 0 Å². The van der Waals surface area contributed by atoms with Gasteiger partial charge >= 0.3 is 0 Å². The Labute approximate surface area is 82.8 Å². The summed E-state index contributed by atoms with van der Waals surface area (Å²) in [6.45, 7) is 5.69. The number of hydrogen-bond acceptors (Lipinski definition) is 3. The molecule has 0 fully saturated rings. The maximum atomic E-state index is 11.4. The molecule has 0 radical (unpaired) electrons. The zero-order chi connectivity index (χ0) is 10.6. The molecular formula is C10H14N2O2. The zero-order valence-electron chi connectivity index (χ0n) is 8.12. The third kappa shape index (κ3) is 2.47. The molecule has 1 heterocycles. The number of carbonyl (C=O) groups is 1. The van der Waals surface area contributed by atoms with Crippen LogP contribution in [0.25, 0.3) is 0 Å². The standard InChI is InChI=1S/C10H14N2O2/c1-3-7(2)12-10(13)9-5-4-8(6-11)14-9/h3-5,7H,1,6,11H2,2H3,(H,12,13). The summed E-state index contributed by atoms with van der Waals surface area (Å²) in [6.07, 6.45) is 1.64. The highest BCUT2D eigenvalue weighted by atomic mass is 16.4. The second-order valence-corrected chi connectivity index (χ2v) is 2.97. The highest BCUT2D eigenvalue weighted by molar-refractivity contribution is 5.91. The molecular weight excluding hydrogens is 180 g/mol. The summed E-state index contributed by atoms with van der Waals surface area (Å²) in [5.41, 5.74) is 5.35. The van der Waals surface area contributed by atoms with Crippen molar-refractivity contribution in [2.75, 3.05) is 0 Å². The van der Waals surface area contributed by atoms with Gasteiger partial charge in [-0.2, -0.15) is 0 Å². The van der Waals surface area contributed by atoms with Gasteiger partial charge in [0.1, 0.15) is 5.76 Å². The van der Waals surface area contributed by atoms with E-state index < -0.39 is 0 Å². The van der Waals surface area contributed by atoms with Crippen LogP contribution in [-0.2, 0) is 6.54 Å². The SMILES string of the molecule is C=CC(C)NC(=O)c1ccc(CN)o1. The first-order valence-corrected chi connectivity index (χ1v) is 4.39. The Kier molecular flexibility index (Phi) is 3.48. The van der Waals surface area contributed by atoms with Crippen molar-refractivity contribution in [1.82, 2.24) is 5.32 Å². The summed E-state index contributed by atoms with van der Waals surface area (Å²) in [7, 11) is 0. The largest absolute Gasteiger partial charge is 0.455 e. The molecule has 0 spiro atoms. The smallest absolute Gasteiger partial charge is 0.287 e. The van der Waals surface area contributed by atoms with Crippen LogP contribution in [0.1, 0.15) is 23.2 Å². The molecule has 0 saturated heterocycles. The second kappa shape index (κ2) is 4.62. The van der Waals surface area contributed by atoms with Crippen LogP contribution in [0.3, 0.4) is 0 Å². The Morgan fingerprint density at radius 1 is 1.79 bits per heavy atom. The van der Waals surface area contributed by atoms with E-state index in [0.29, 0.717) is 12.3 Å². The molecule has 0 aliphatic carbocycles. The summed E-state index contributed by atoms with van der Waals surface area (Å²) in [5.74, 6) is 0.623. The lowest BCUT2D eigenvalue weighted by molar-refractivity contribution is 0.0917. The van der Waals surface area contributed by atoms with E-state index in [1.807, 2.05) is 6.92 Å². The van der Waals surface area contributed by atoms with Gasteiger partial charge < -0.3 is 15.5 Å². The fourth-order valence-electron chi connectivity index (χ4n) is 0.946. The van der Waals surface area contributed by atoms with E-state index in [2.05, 4.69) is 11.9 Å². The van der Waals surface area contributed by atoms with Gasteiger partial charge in [0, 0.05) is 6.04 Å². The van der Waals surface area contributed by atoms with Crippen molar-refractivity contribution in [3.8, 4) is 0 Å². The zero-order valence-corrected chi connectivity index (χ0v) is 8.12. The predicted octanol–water partition coefficient (Wildman–Crippen LogP) is 1.04. The van der Waals surface area contributed by atoms with Gasteiger partial charge in [-0.05, 0) is 19.1 Å². The van der Waals surface area contributed by atoms with Crippen LogP contribution in [0.5, 0.6) is 0 Å². The van der Waals surface area contributed by atoms with E-state index >= 15 is 0 Å². The van der Waals surface area contributed by atoms with Gasteiger partial charge in [-0.1, -0.05) is 6.08 Å². The van der Waals surface area contributed by atoms with E-state index in [9.17, 15) is 4.79 Å². The van der Waals surface area contributed by atoms with Crippen LogP contribution in [0, 0.1) is 0 Å². The van der Waals surface area contributed by atoms with Crippen molar-refractivity contribution >= 4 is 5.91 Å². The second-order valence-electron chi connectivity index (χ2n) is 2.97. The molecule has 1 rings (SSSR count). The highest BCUT2D eigenvalue weighted by Gasteiger charge is 2.11. The fraction of sp³-hybridized carbons (Fsp3) is 0.300. The number of hydrogen-bond donors (Lipinski definition) is 2. The van der Waals surface area contributed by atoms with Crippen LogP contribution < -0.4 is 11.1 Å². The molecule has 1 aromatic heterocycles. The van der Waals surface area contributed by atoms with Crippen LogP contribution in [0.15, 0.2) is 29.2 Å². The number of furan rings is 1. The number of carbonyl (C=O) groups excluding carboxylic acids is 1. The Hall–Kier alpha value is -1.55. The maximum absolute atomic E-state index is 11.4. The lowest BCUT2D eigenvalue weighted by atomic mass is 10.3. The Morgan fingerprint density at radius 3 is 3.00 bits per heavy atom. The Morgan fingerprint density at radius 2 is 2.50 bits per heavy atom. The van der Waals surface area contributed by atoms with Crippen molar-refractivity contribution in [2.24, 2.45) is 5.73 Å². The van der Waals surface area contributed by atoms with Crippen molar-refractivity contribution in [3.05, 3.63) is 36.3 Å². The summed E-state index contributed by atoms with van der Waals surface area (Å²) in [6, 6.07) is 3.22. The molecule has 4 nitrogen and oxygen atoms in total. The number of nitrogens with one attached hydrogen (secondary N) is 1. The van der Waals surface area contributed by atoms with Crippen molar-refractivity contribution in [3.63, 3.8) is 0 Å². The summed E-state index contributed by atoms with van der Waals surface area (Å²) in [5, 5.41) is 2.69. The Bertz CT molecular complexity index is 331. The first kappa shape index (κ1) is 10.5. The lowest BCUT2D eigenvalue weighted by Gasteiger charge is -2.06. The number of rotatable bonds is 4. The topological polar surface area (TPSA) is 68.3 Å².